The van der Waals surface area contributed by atoms with Crippen LogP contribution in [0, 0.1) is 5.82 Å². The average Bonchev–Trinajstić information content (AvgIpc) is 3.21. The number of nitrogens with zero attached hydrogens (tertiary/aromatic N) is 3. The van der Waals surface area contributed by atoms with Crippen LogP contribution in [-0.2, 0) is 0 Å². The molecule has 2 aromatic heterocycles. The number of nitrogens with one attached hydrogen (secondary N) is 1. The second kappa shape index (κ2) is 5.46. The van der Waals surface area contributed by atoms with Crippen molar-refractivity contribution in [2.24, 2.45) is 0 Å². The van der Waals surface area contributed by atoms with E-state index in [9.17, 15) is 9.18 Å². The Labute approximate surface area is 132 Å². The molecule has 23 heavy (non-hydrogen) atoms. The third-order valence-electron chi connectivity index (χ3n) is 4.25. The van der Waals surface area contributed by atoms with E-state index in [1.165, 1.54) is 12.1 Å². The molecule has 6 heteroatoms. The van der Waals surface area contributed by atoms with E-state index in [1.54, 1.807) is 30.6 Å². The fourth-order valence-electron chi connectivity index (χ4n) is 3.04. The molecule has 0 spiro atoms. The van der Waals surface area contributed by atoms with E-state index in [1.807, 2.05) is 4.90 Å². The molecular weight excluding hydrogens is 295 g/mol. The molecule has 1 aliphatic rings. The van der Waals surface area contributed by atoms with Crippen molar-refractivity contribution in [2.75, 3.05) is 13.1 Å². The van der Waals surface area contributed by atoms with Crippen LogP contribution in [0.5, 0.6) is 0 Å². The van der Waals surface area contributed by atoms with Gasteiger partial charge in [0.15, 0.2) is 0 Å². The molecule has 5 nitrogen and oxygen atoms in total. The lowest BCUT2D eigenvalue weighted by Crippen LogP contribution is -2.28. The maximum atomic E-state index is 13.3. The van der Waals surface area contributed by atoms with Crippen LogP contribution in [-0.4, -0.2) is 38.8 Å². The van der Waals surface area contributed by atoms with Gasteiger partial charge in [-0.15, -0.1) is 0 Å². The van der Waals surface area contributed by atoms with Crippen LogP contribution >= 0.6 is 0 Å². The van der Waals surface area contributed by atoms with Gasteiger partial charge in [-0.3, -0.25) is 9.78 Å². The van der Waals surface area contributed by atoms with E-state index in [4.69, 9.17) is 0 Å². The number of aromatic nitrogens is 3. The Morgan fingerprint density at radius 3 is 2.91 bits per heavy atom. The number of H-pyrrole nitrogens is 1. The Bertz CT molecular complexity index is 861. The zero-order valence-corrected chi connectivity index (χ0v) is 12.4. The van der Waals surface area contributed by atoms with Crippen molar-refractivity contribution >= 4 is 16.9 Å². The van der Waals surface area contributed by atoms with Crippen molar-refractivity contribution in [3.8, 4) is 0 Å². The number of aromatic amines is 1. The number of amides is 1. The lowest BCUT2D eigenvalue weighted by molar-refractivity contribution is 0.0790. The molecule has 0 unspecified atom stereocenters. The molecule has 3 heterocycles. The number of imidazole rings is 1. The largest absolute Gasteiger partial charge is 0.342 e. The first-order valence-corrected chi connectivity index (χ1v) is 7.55. The summed E-state index contributed by atoms with van der Waals surface area (Å²) in [6, 6.07) is 7.96. The monoisotopic (exact) mass is 310 g/mol. The minimum absolute atomic E-state index is 0.0112. The predicted octanol–water partition coefficient (Wildman–Crippen LogP) is 2.73. The molecular formula is C17H15FN4O. The van der Waals surface area contributed by atoms with Gasteiger partial charge in [0.1, 0.15) is 11.6 Å². The number of hydrogen-bond acceptors (Lipinski definition) is 3. The first-order chi connectivity index (χ1) is 11.2. The molecule has 0 radical (unpaired) electrons. The van der Waals surface area contributed by atoms with Crippen molar-refractivity contribution in [2.45, 2.75) is 12.3 Å². The summed E-state index contributed by atoms with van der Waals surface area (Å²) in [5.41, 5.74) is 2.09. The normalized spacial score (nSPS) is 17.8. The fourth-order valence-corrected chi connectivity index (χ4v) is 3.04. The van der Waals surface area contributed by atoms with Gasteiger partial charge in [-0.05, 0) is 36.8 Å². The number of carbonyl (C=O) groups excluding carboxylic acids is 1. The standard InChI is InChI=1S/C17H15FN4O/c18-13-1-2-14-15(9-13)21-16(20-14)12-5-8-22(10-12)17(23)11-3-6-19-7-4-11/h1-4,6-7,9,12H,5,8,10H2,(H,20,21)/t12-/m0/s1. The highest BCUT2D eigenvalue weighted by Gasteiger charge is 2.29. The van der Waals surface area contributed by atoms with Crippen LogP contribution in [0.3, 0.4) is 0 Å². The first kappa shape index (κ1) is 13.9. The number of benzene rings is 1. The van der Waals surface area contributed by atoms with E-state index in [2.05, 4.69) is 15.0 Å². The number of likely N-dealkylation sites (tertiary alicyclic amines) is 1. The Morgan fingerprint density at radius 1 is 1.26 bits per heavy atom. The fraction of sp³-hybridized carbons (Fsp3) is 0.235. The minimum atomic E-state index is -0.284. The Kier molecular flexibility index (Phi) is 3.29. The second-order valence-corrected chi connectivity index (χ2v) is 5.76. The molecule has 0 aliphatic carbocycles. The van der Waals surface area contributed by atoms with Gasteiger partial charge in [0, 0.05) is 37.0 Å². The van der Waals surface area contributed by atoms with Crippen molar-refractivity contribution < 1.29 is 9.18 Å². The molecule has 0 saturated carbocycles. The summed E-state index contributed by atoms with van der Waals surface area (Å²) < 4.78 is 13.3. The number of pyridine rings is 1. The van der Waals surface area contributed by atoms with Gasteiger partial charge < -0.3 is 9.88 Å². The summed E-state index contributed by atoms with van der Waals surface area (Å²) in [7, 11) is 0. The average molecular weight is 310 g/mol. The summed E-state index contributed by atoms with van der Waals surface area (Å²) in [6.07, 6.45) is 4.09. The number of carbonyl (C=O) groups is 1. The molecule has 1 aromatic carbocycles. The lowest BCUT2D eigenvalue weighted by Gasteiger charge is -2.15. The summed E-state index contributed by atoms with van der Waals surface area (Å²) >= 11 is 0. The van der Waals surface area contributed by atoms with Crippen LogP contribution in [0.15, 0.2) is 42.7 Å². The van der Waals surface area contributed by atoms with Gasteiger partial charge in [0.05, 0.1) is 11.0 Å². The van der Waals surface area contributed by atoms with Gasteiger partial charge in [0.25, 0.3) is 5.91 Å². The third kappa shape index (κ3) is 2.56. The van der Waals surface area contributed by atoms with E-state index < -0.39 is 0 Å². The molecule has 4 rings (SSSR count). The van der Waals surface area contributed by atoms with Crippen LogP contribution < -0.4 is 0 Å². The van der Waals surface area contributed by atoms with Crippen molar-refractivity contribution in [1.82, 2.24) is 19.9 Å². The molecule has 0 bridgehead atoms. The summed E-state index contributed by atoms with van der Waals surface area (Å²) in [5, 5.41) is 0. The minimum Gasteiger partial charge on any atom is -0.342 e. The van der Waals surface area contributed by atoms with E-state index in [-0.39, 0.29) is 17.6 Å². The van der Waals surface area contributed by atoms with E-state index >= 15 is 0 Å². The van der Waals surface area contributed by atoms with Crippen molar-refractivity contribution in [3.05, 3.63) is 59.9 Å². The van der Waals surface area contributed by atoms with Gasteiger partial charge in [-0.25, -0.2) is 9.37 Å². The molecule has 1 N–H and O–H groups in total. The molecule has 1 atom stereocenters. The van der Waals surface area contributed by atoms with Crippen LogP contribution in [0.2, 0.25) is 0 Å². The highest BCUT2D eigenvalue weighted by atomic mass is 19.1. The molecule has 3 aromatic rings. The Hall–Kier alpha value is -2.76. The lowest BCUT2D eigenvalue weighted by atomic mass is 10.1. The zero-order valence-electron chi connectivity index (χ0n) is 12.4. The molecule has 1 amide bonds. The SMILES string of the molecule is O=C(c1ccncc1)N1CC[C@H](c2nc3ccc(F)cc3[nH]2)C1. The van der Waals surface area contributed by atoms with Crippen LogP contribution in [0.25, 0.3) is 11.0 Å². The number of rotatable bonds is 2. The van der Waals surface area contributed by atoms with Crippen molar-refractivity contribution in [1.29, 1.82) is 0 Å². The summed E-state index contributed by atoms with van der Waals surface area (Å²) in [4.78, 5) is 25.9. The third-order valence-corrected chi connectivity index (χ3v) is 4.25. The highest BCUT2D eigenvalue weighted by Crippen LogP contribution is 2.28. The summed E-state index contributed by atoms with van der Waals surface area (Å²) in [6.45, 7) is 1.31. The highest BCUT2D eigenvalue weighted by molar-refractivity contribution is 5.94. The first-order valence-electron chi connectivity index (χ1n) is 7.55. The van der Waals surface area contributed by atoms with Gasteiger partial charge in [-0.1, -0.05) is 0 Å². The Balaban J connectivity index is 1.54. The van der Waals surface area contributed by atoms with Crippen LogP contribution in [0.4, 0.5) is 4.39 Å². The molecule has 116 valence electrons. The maximum absolute atomic E-state index is 13.3. The van der Waals surface area contributed by atoms with E-state index in [0.29, 0.717) is 24.2 Å². The predicted molar refractivity (Wildman–Crippen MR) is 83.6 cm³/mol. The quantitative estimate of drug-likeness (QED) is 0.791. The van der Waals surface area contributed by atoms with Gasteiger partial charge in [-0.2, -0.15) is 0 Å². The second-order valence-electron chi connectivity index (χ2n) is 5.76. The zero-order chi connectivity index (χ0) is 15.8. The smallest absolute Gasteiger partial charge is 0.253 e. The van der Waals surface area contributed by atoms with E-state index in [0.717, 1.165) is 17.8 Å². The molecule has 1 fully saturated rings. The number of hydrogen-bond donors (Lipinski definition) is 1. The topological polar surface area (TPSA) is 61.9 Å². The van der Waals surface area contributed by atoms with Crippen molar-refractivity contribution in [3.63, 3.8) is 0 Å². The summed E-state index contributed by atoms with van der Waals surface area (Å²) in [5.74, 6) is 0.692. The Morgan fingerprint density at radius 2 is 2.09 bits per heavy atom. The maximum Gasteiger partial charge on any atom is 0.253 e. The number of fused-ring (bicyclic) bond motifs is 1. The molecule has 1 aliphatic heterocycles. The number of halogens is 1. The van der Waals surface area contributed by atoms with Gasteiger partial charge >= 0.3 is 0 Å². The van der Waals surface area contributed by atoms with Crippen LogP contribution in [0.1, 0.15) is 28.5 Å². The van der Waals surface area contributed by atoms with Gasteiger partial charge in [0.2, 0.25) is 0 Å². The molecule has 1 saturated heterocycles.